The Labute approximate surface area is 138 Å². The molecule has 0 fully saturated rings. The molecule has 1 heterocycles. The molecule has 0 bridgehead atoms. The first-order valence-corrected chi connectivity index (χ1v) is 8.01. The number of carbonyl (C=O) groups is 1. The Hall–Kier alpha value is -2.09. The number of aryl methyl sites for hydroxylation is 1. The summed E-state index contributed by atoms with van der Waals surface area (Å²) in [6, 6.07) is 9.41. The van der Waals surface area contributed by atoms with Gasteiger partial charge in [0.25, 0.3) is 0 Å². The number of anilines is 1. The van der Waals surface area contributed by atoms with Crippen molar-refractivity contribution in [3.8, 4) is 6.07 Å². The molecule has 0 saturated carbocycles. The van der Waals surface area contributed by atoms with Crippen molar-refractivity contribution in [2.24, 2.45) is 0 Å². The summed E-state index contributed by atoms with van der Waals surface area (Å²) in [4.78, 5) is 13.1. The minimum atomic E-state index is -0.264. The number of nitriles is 1. The van der Waals surface area contributed by atoms with Crippen LogP contribution in [-0.4, -0.2) is 5.91 Å². The molecule has 1 aromatic carbocycles. The molecule has 0 spiro atoms. The van der Waals surface area contributed by atoms with Crippen LogP contribution >= 0.6 is 22.9 Å². The highest BCUT2D eigenvalue weighted by Crippen LogP contribution is 2.32. The molecule has 0 radical (unpaired) electrons. The molecular weight excluding hydrogens is 316 g/mol. The van der Waals surface area contributed by atoms with Gasteiger partial charge in [0, 0.05) is 16.0 Å². The van der Waals surface area contributed by atoms with Gasteiger partial charge in [0.2, 0.25) is 5.91 Å². The van der Waals surface area contributed by atoms with Gasteiger partial charge in [-0.15, -0.1) is 11.3 Å². The smallest absolute Gasteiger partial charge is 0.249 e. The van der Waals surface area contributed by atoms with Crippen LogP contribution < -0.4 is 5.32 Å². The Morgan fingerprint density at radius 1 is 1.50 bits per heavy atom. The topological polar surface area (TPSA) is 52.9 Å². The van der Waals surface area contributed by atoms with Crippen LogP contribution in [0, 0.1) is 18.3 Å². The fourth-order valence-electron chi connectivity index (χ4n) is 2.15. The lowest BCUT2D eigenvalue weighted by molar-refractivity contribution is -0.111. The van der Waals surface area contributed by atoms with Crippen LogP contribution in [0.15, 0.2) is 30.3 Å². The first-order chi connectivity index (χ1) is 10.5. The standard InChI is InChI=1S/C17H15ClN2OS/c1-3-14-11(2)22-17(15(14)10-19)20-16(21)8-7-12-5-4-6-13(18)9-12/h4-9H,3H2,1-2H3,(H,20,21). The van der Waals surface area contributed by atoms with Crippen molar-refractivity contribution in [2.75, 3.05) is 5.32 Å². The third kappa shape index (κ3) is 3.76. The molecule has 2 aromatic rings. The summed E-state index contributed by atoms with van der Waals surface area (Å²) in [5.74, 6) is -0.264. The van der Waals surface area contributed by atoms with Crippen molar-refractivity contribution in [2.45, 2.75) is 20.3 Å². The molecule has 22 heavy (non-hydrogen) atoms. The van der Waals surface area contributed by atoms with Crippen LogP contribution in [0.5, 0.6) is 0 Å². The van der Waals surface area contributed by atoms with Crippen LogP contribution in [0.1, 0.15) is 28.5 Å². The number of hydrogen-bond acceptors (Lipinski definition) is 3. The zero-order valence-corrected chi connectivity index (χ0v) is 13.9. The largest absolute Gasteiger partial charge is 0.313 e. The molecule has 5 heteroatoms. The van der Waals surface area contributed by atoms with Gasteiger partial charge in [-0.25, -0.2) is 0 Å². The molecule has 0 aliphatic carbocycles. The molecule has 112 valence electrons. The molecule has 1 amide bonds. The lowest BCUT2D eigenvalue weighted by Gasteiger charge is -2.00. The molecule has 3 nitrogen and oxygen atoms in total. The maximum absolute atomic E-state index is 12.0. The molecule has 1 N–H and O–H groups in total. The second kappa shape index (κ2) is 7.26. The molecule has 0 aliphatic heterocycles. The molecule has 1 aromatic heterocycles. The molecule has 2 rings (SSSR count). The Kier molecular flexibility index (Phi) is 5.37. The van der Waals surface area contributed by atoms with Crippen LogP contribution in [0.2, 0.25) is 5.02 Å². The average Bonchev–Trinajstić information content (AvgIpc) is 2.79. The number of nitrogens with one attached hydrogen (secondary N) is 1. The molecule has 0 saturated heterocycles. The summed E-state index contributed by atoms with van der Waals surface area (Å²) in [6.45, 7) is 3.96. The van der Waals surface area contributed by atoms with E-state index in [4.69, 9.17) is 11.6 Å². The van der Waals surface area contributed by atoms with E-state index in [2.05, 4.69) is 11.4 Å². The number of thiophene rings is 1. The zero-order valence-electron chi connectivity index (χ0n) is 12.3. The summed E-state index contributed by atoms with van der Waals surface area (Å²) in [6.07, 6.45) is 3.90. The quantitative estimate of drug-likeness (QED) is 0.819. The maximum Gasteiger partial charge on any atom is 0.249 e. The van der Waals surface area contributed by atoms with Crippen molar-refractivity contribution in [3.63, 3.8) is 0 Å². The van der Waals surface area contributed by atoms with E-state index < -0.39 is 0 Å². The summed E-state index contributed by atoms with van der Waals surface area (Å²) in [7, 11) is 0. The van der Waals surface area contributed by atoms with Gasteiger partial charge in [-0.2, -0.15) is 5.26 Å². The van der Waals surface area contributed by atoms with Gasteiger partial charge < -0.3 is 5.32 Å². The summed E-state index contributed by atoms with van der Waals surface area (Å²) < 4.78 is 0. The summed E-state index contributed by atoms with van der Waals surface area (Å²) in [5, 5.41) is 13.3. The monoisotopic (exact) mass is 330 g/mol. The van der Waals surface area contributed by atoms with E-state index in [1.165, 1.54) is 17.4 Å². The zero-order chi connectivity index (χ0) is 16.1. The van der Waals surface area contributed by atoms with Crippen LogP contribution in [0.4, 0.5) is 5.00 Å². The van der Waals surface area contributed by atoms with E-state index in [0.29, 0.717) is 15.6 Å². The third-order valence-corrected chi connectivity index (χ3v) is 4.48. The highest BCUT2D eigenvalue weighted by molar-refractivity contribution is 7.16. The normalized spacial score (nSPS) is 10.6. The van der Waals surface area contributed by atoms with Gasteiger partial charge in [-0.3, -0.25) is 4.79 Å². The van der Waals surface area contributed by atoms with E-state index >= 15 is 0 Å². The van der Waals surface area contributed by atoms with Gasteiger partial charge in [-0.05, 0) is 42.7 Å². The molecule has 0 atom stereocenters. The van der Waals surface area contributed by atoms with E-state index in [0.717, 1.165) is 22.4 Å². The van der Waals surface area contributed by atoms with E-state index in [-0.39, 0.29) is 5.91 Å². The van der Waals surface area contributed by atoms with Gasteiger partial charge >= 0.3 is 0 Å². The minimum Gasteiger partial charge on any atom is -0.313 e. The SMILES string of the molecule is CCc1c(C)sc(NC(=O)C=Cc2cccc(Cl)c2)c1C#N. The number of benzene rings is 1. The lowest BCUT2D eigenvalue weighted by atomic mass is 10.1. The van der Waals surface area contributed by atoms with Gasteiger partial charge in [-0.1, -0.05) is 30.7 Å². The third-order valence-electron chi connectivity index (χ3n) is 3.19. The molecule has 0 aliphatic rings. The van der Waals surface area contributed by atoms with Crippen LogP contribution in [0.25, 0.3) is 6.08 Å². The Morgan fingerprint density at radius 3 is 2.91 bits per heavy atom. The average molecular weight is 331 g/mol. The van der Waals surface area contributed by atoms with Crippen molar-refractivity contribution in [3.05, 3.63) is 56.9 Å². The predicted molar refractivity (Wildman–Crippen MR) is 92.3 cm³/mol. The highest BCUT2D eigenvalue weighted by atomic mass is 35.5. The van der Waals surface area contributed by atoms with E-state index in [1.54, 1.807) is 18.2 Å². The number of rotatable bonds is 4. The van der Waals surface area contributed by atoms with Crippen molar-refractivity contribution in [1.82, 2.24) is 0 Å². The van der Waals surface area contributed by atoms with Crippen molar-refractivity contribution < 1.29 is 4.79 Å². The Balaban J connectivity index is 2.15. The van der Waals surface area contributed by atoms with Crippen molar-refractivity contribution in [1.29, 1.82) is 5.26 Å². The lowest BCUT2D eigenvalue weighted by Crippen LogP contribution is -2.07. The highest BCUT2D eigenvalue weighted by Gasteiger charge is 2.15. The van der Waals surface area contributed by atoms with Gasteiger partial charge in [0.1, 0.15) is 11.1 Å². The maximum atomic E-state index is 12.0. The Morgan fingerprint density at radius 2 is 2.27 bits per heavy atom. The number of nitrogens with zero attached hydrogens (tertiary/aromatic N) is 1. The molecule has 0 unspecified atom stereocenters. The van der Waals surface area contributed by atoms with Gasteiger partial charge in [0.15, 0.2) is 0 Å². The second-order valence-electron chi connectivity index (χ2n) is 4.68. The minimum absolute atomic E-state index is 0.264. The van der Waals surface area contributed by atoms with E-state index in [1.807, 2.05) is 26.0 Å². The summed E-state index contributed by atoms with van der Waals surface area (Å²) in [5.41, 5.74) is 2.41. The van der Waals surface area contributed by atoms with Crippen LogP contribution in [-0.2, 0) is 11.2 Å². The Bertz CT molecular complexity index is 771. The number of hydrogen-bond donors (Lipinski definition) is 1. The predicted octanol–water partition coefficient (Wildman–Crippen LogP) is 4.80. The van der Waals surface area contributed by atoms with Crippen LogP contribution in [0.3, 0.4) is 0 Å². The fraction of sp³-hybridized carbons (Fsp3) is 0.176. The molecular formula is C17H15ClN2OS. The number of halogens is 1. The van der Waals surface area contributed by atoms with Crippen molar-refractivity contribution >= 4 is 39.9 Å². The second-order valence-corrected chi connectivity index (χ2v) is 6.35. The summed E-state index contributed by atoms with van der Waals surface area (Å²) >= 11 is 7.33. The first-order valence-electron chi connectivity index (χ1n) is 6.82. The number of carbonyl (C=O) groups excluding carboxylic acids is 1. The van der Waals surface area contributed by atoms with E-state index in [9.17, 15) is 10.1 Å². The first kappa shape index (κ1) is 16.3. The number of amides is 1. The van der Waals surface area contributed by atoms with Gasteiger partial charge in [0.05, 0.1) is 5.56 Å². The fourth-order valence-corrected chi connectivity index (χ4v) is 3.44.